The maximum atomic E-state index is 12.8. The zero-order chi connectivity index (χ0) is 47.9. The van der Waals surface area contributed by atoms with Gasteiger partial charge in [0, 0.05) is 19.3 Å². The van der Waals surface area contributed by atoms with Gasteiger partial charge in [0.25, 0.3) is 0 Å². The van der Waals surface area contributed by atoms with Crippen molar-refractivity contribution in [3.8, 4) is 0 Å². The summed E-state index contributed by atoms with van der Waals surface area (Å²) >= 11 is 0. The molecule has 0 aliphatic heterocycles. The molecule has 0 aliphatic rings. The molecule has 0 N–H and O–H groups in total. The normalized spacial score (nSPS) is 13.0. The van der Waals surface area contributed by atoms with Crippen molar-refractivity contribution in [2.75, 3.05) is 13.2 Å². The van der Waals surface area contributed by atoms with Crippen LogP contribution in [0.4, 0.5) is 0 Å². The third-order valence-corrected chi connectivity index (χ3v) is 11.0. The van der Waals surface area contributed by atoms with E-state index in [1.807, 2.05) is 0 Å². The molecule has 6 nitrogen and oxygen atoms in total. The zero-order valence-corrected chi connectivity index (χ0v) is 42.7. The summed E-state index contributed by atoms with van der Waals surface area (Å²) in [4.78, 5) is 38.0. The first-order valence-corrected chi connectivity index (χ1v) is 26.9. The van der Waals surface area contributed by atoms with E-state index < -0.39 is 6.10 Å². The van der Waals surface area contributed by atoms with Crippen molar-refractivity contribution in [1.82, 2.24) is 0 Å². The molecule has 0 saturated carbocycles. The van der Waals surface area contributed by atoms with E-state index in [4.69, 9.17) is 14.2 Å². The van der Waals surface area contributed by atoms with E-state index in [1.165, 1.54) is 44.9 Å². The third kappa shape index (κ3) is 51.1. The average Bonchev–Trinajstić information content (AvgIpc) is 3.31. The number of carbonyl (C=O) groups excluding carboxylic acids is 3. The van der Waals surface area contributed by atoms with Crippen LogP contribution in [0.2, 0.25) is 0 Å². The van der Waals surface area contributed by atoms with E-state index in [2.05, 4.69) is 130 Å². The van der Waals surface area contributed by atoms with Gasteiger partial charge in [-0.05, 0) is 116 Å². The molecule has 0 spiro atoms. The summed E-state index contributed by atoms with van der Waals surface area (Å²) < 4.78 is 16.8. The van der Waals surface area contributed by atoms with Crippen LogP contribution in [0.3, 0.4) is 0 Å². The van der Waals surface area contributed by atoms with Crippen LogP contribution in [0.25, 0.3) is 0 Å². The highest BCUT2D eigenvalue weighted by atomic mass is 16.6. The second kappa shape index (κ2) is 53.7. The maximum Gasteiger partial charge on any atom is 0.306 e. The Morgan fingerprint density at radius 3 is 0.939 bits per heavy atom. The summed E-state index contributed by atoms with van der Waals surface area (Å²) in [6, 6.07) is 0. The van der Waals surface area contributed by atoms with Crippen molar-refractivity contribution in [2.24, 2.45) is 0 Å². The van der Waals surface area contributed by atoms with Crippen molar-refractivity contribution in [1.29, 1.82) is 0 Å². The minimum atomic E-state index is -0.801. The standard InChI is InChI=1S/C60H98O6/c1-4-7-10-13-16-19-22-24-26-27-28-29-30-31-32-33-34-36-38-41-44-47-50-53-59(62)65-56-57(55-64-58(61)52-49-46-43-40-37-21-18-15-12-9-6-3)66-60(63)54-51-48-45-42-39-35-25-23-20-17-14-11-8-5-2/h7,10,14-19,23-26,28-29,31-32,34,36,57H,4-6,8-9,11-13,20-22,27,30,33,35,37-56H2,1-3H3/b10-7-,17-14-,18-15-,19-16-,25-23-,26-24-,29-28-,32-31-,36-34-. The fraction of sp³-hybridized carbons (Fsp3) is 0.650. The van der Waals surface area contributed by atoms with E-state index >= 15 is 0 Å². The molecule has 0 heterocycles. The predicted molar refractivity (Wildman–Crippen MR) is 283 cm³/mol. The van der Waals surface area contributed by atoms with Gasteiger partial charge in [-0.2, -0.15) is 0 Å². The van der Waals surface area contributed by atoms with E-state index in [9.17, 15) is 14.4 Å². The molecule has 66 heavy (non-hydrogen) atoms. The molecular weight excluding hydrogens is 817 g/mol. The average molecular weight is 915 g/mol. The molecule has 0 fully saturated rings. The smallest absolute Gasteiger partial charge is 0.306 e. The number of hydrogen-bond donors (Lipinski definition) is 0. The molecule has 6 heteroatoms. The number of hydrogen-bond acceptors (Lipinski definition) is 6. The number of carbonyl (C=O) groups is 3. The lowest BCUT2D eigenvalue weighted by molar-refractivity contribution is -0.167. The topological polar surface area (TPSA) is 78.9 Å². The first kappa shape index (κ1) is 62.1. The second-order valence-corrected chi connectivity index (χ2v) is 17.4. The van der Waals surface area contributed by atoms with Crippen molar-refractivity contribution in [3.05, 3.63) is 109 Å². The molecule has 0 aromatic rings. The predicted octanol–water partition coefficient (Wildman–Crippen LogP) is 17.9. The molecule has 0 bridgehead atoms. The summed E-state index contributed by atoms with van der Waals surface area (Å²) in [6.07, 6.45) is 72.1. The Hall–Kier alpha value is -3.93. The van der Waals surface area contributed by atoms with E-state index in [0.29, 0.717) is 19.3 Å². The van der Waals surface area contributed by atoms with Crippen LogP contribution in [-0.4, -0.2) is 37.2 Å². The second-order valence-electron chi connectivity index (χ2n) is 17.4. The Labute approximate surface area is 406 Å². The molecular formula is C60H98O6. The van der Waals surface area contributed by atoms with Gasteiger partial charge in [0.1, 0.15) is 13.2 Å². The summed E-state index contributed by atoms with van der Waals surface area (Å²) in [5.74, 6) is -0.952. The van der Waals surface area contributed by atoms with E-state index in [-0.39, 0.29) is 31.1 Å². The molecule has 1 atom stereocenters. The van der Waals surface area contributed by atoms with Crippen LogP contribution in [0.1, 0.15) is 233 Å². The Morgan fingerprint density at radius 2 is 0.591 bits per heavy atom. The molecule has 0 aromatic carbocycles. The summed E-state index contributed by atoms with van der Waals surface area (Å²) in [6.45, 7) is 6.39. The summed E-state index contributed by atoms with van der Waals surface area (Å²) in [5.41, 5.74) is 0. The maximum absolute atomic E-state index is 12.8. The Bertz CT molecular complexity index is 1370. The van der Waals surface area contributed by atoms with Crippen LogP contribution in [-0.2, 0) is 28.6 Å². The van der Waals surface area contributed by atoms with Crippen molar-refractivity contribution in [3.63, 3.8) is 0 Å². The van der Waals surface area contributed by atoms with Gasteiger partial charge in [0.15, 0.2) is 6.10 Å². The SMILES string of the molecule is CC/C=C\C/C=C\C/C=C\C/C=C\C/C=C\C/C=C\CCCCCCC(=O)OCC(COC(=O)CCCCCCC/C=C\CCCC)OC(=O)CCCCCCC/C=C\C/C=C\CCCC. The van der Waals surface area contributed by atoms with Crippen molar-refractivity contribution in [2.45, 2.75) is 239 Å². The highest BCUT2D eigenvalue weighted by molar-refractivity contribution is 5.71. The quantitative estimate of drug-likeness (QED) is 0.0262. The van der Waals surface area contributed by atoms with Gasteiger partial charge in [-0.25, -0.2) is 0 Å². The van der Waals surface area contributed by atoms with Gasteiger partial charge in [0.05, 0.1) is 0 Å². The molecule has 0 saturated heterocycles. The van der Waals surface area contributed by atoms with Gasteiger partial charge >= 0.3 is 17.9 Å². The van der Waals surface area contributed by atoms with Crippen LogP contribution in [0, 0.1) is 0 Å². The van der Waals surface area contributed by atoms with Crippen LogP contribution >= 0.6 is 0 Å². The van der Waals surface area contributed by atoms with Gasteiger partial charge < -0.3 is 14.2 Å². The first-order valence-electron chi connectivity index (χ1n) is 26.9. The van der Waals surface area contributed by atoms with Gasteiger partial charge in [-0.3, -0.25) is 14.4 Å². The van der Waals surface area contributed by atoms with Gasteiger partial charge in [0.2, 0.25) is 0 Å². The minimum Gasteiger partial charge on any atom is -0.462 e. The fourth-order valence-corrected chi connectivity index (χ4v) is 6.91. The van der Waals surface area contributed by atoms with Gasteiger partial charge in [-0.1, -0.05) is 207 Å². The van der Waals surface area contributed by atoms with Crippen LogP contribution in [0.5, 0.6) is 0 Å². The monoisotopic (exact) mass is 915 g/mol. The van der Waals surface area contributed by atoms with Crippen molar-refractivity contribution >= 4 is 17.9 Å². The summed E-state index contributed by atoms with van der Waals surface area (Å²) in [7, 11) is 0. The lowest BCUT2D eigenvalue weighted by atomic mass is 10.1. The number of esters is 3. The van der Waals surface area contributed by atoms with Crippen LogP contribution < -0.4 is 0 Å². The molecule has 0 rings (SSSR count). The fourth-order valence-electron chi connectivity index (χ4n) is 6.91. The Balaban J connectivity index is 4.42. The lowest BCUT2D eigenvalue weighted by Gasteiger charge is -2.18. The van der Waals surface area contributed by atoms with Crippen LogP contribution in [0.15, 0.2) is 109 Å². The number of allylic oxidation sites excluding steroid dienone is 18. The first-order chi connectivity index (χ1) is 32.5. The number of ether oxygens (including phenoxy) is 3. The van der Waals surface area contributed by atoms with Gasteiger partial charge in [-0.15, -0.1) is 0 Å². The van der Waals surface area contributed by atoms with E-state index in [1.54, 1.807) is 0 Å². The Kier molecular flexibility index (Phi) is 50.5. The number of unbranched alkanes of at least 4 members (excludes halogenated alkanes) is 18. The van der Waals surface area contributed by atoms with Crippen molar-refractivity contribution < 1.29 is 28.6 Å². The molecule has 1 unspecified atom stereocenters. The van der Waals surface area contributed by atoms with E-state index in [0.717, 1.165) is 148 Å². The molecule has 0 amide bonds. The summed E-state index contributed by atoms with van der Waals surface area (Å²) in [5, 5.41) is 0. The lowest BCUT2D eigenvalue weighted by Crippen LogP contribution is -2.30. The molecule has 0 radical (unpaired) electrons. The zero-order valence-electron chi connectivity index (χ0n) is 42.7. The third-order valence-electron chi connectivity index (χ3n) is 11.0. The highest BCUT2D eigenvalue weighted by Crippen LogP contribution is 2.13. The highest BCUT2D eigenvalue weighted by Gasteiger charge is 2.19. The largest absolute Gasteiger partial charge is 0.462 e. The minimum absolute atomic E-state index is 0.0983. The number of rotatable bonds is 47. The molecule has 0 aliphatic carbocycles. The molecule has 374 valence electrons. The Morgan fingerprint density at radius 1 is 0.318 bits per heavy atom. The molecule has 0 aromatic heterocycles.